The first-order valence-electron chi connectivity index (χ1n) is 11.5. The van der Waals surface area contributed by atoms with Crippen molar-refractivity contribution in [1.29, 1.82) is 0 Å². The van der Waals surface area contributed by atoms with Gasteiger partial charge in [-0.3, -0.25) is 19.6 Å². The molecular weight excluding hydrogens is 398 g/mol. The summed E-state index contributed by atoms with van der Waals surface area (Å²) in [6.07, 6.45) is 6.37. The number of likely N-dealkylation sites (tertiary alicyclic amines) is 1. The van der Waals surface area contributed by atoms with Gasteiger partial charge in [0.2, 0.25) is 5.91 Å². The summed E-state index contributed by atoms with van der Waals surface area (Å²) in [6.45, 7) is 4.43. The molecule has 32 heavy (non-hydrogen) atoms. The molecule has 0 unspecified atom stereocenters. The second-order valence-corrected chi connectivity index (χ2v) is 8.74. The lowest BCUT2D eigenvalue weighted by Gasteiger charge is -2.36. The van der Waals surface area contributed by atoms with E-state index in [1.54, 1.807) is 6.20 Å². The zero-order valence-corrected chi connectivity index (χ0v) is 18.6. The fraction of sp³-hybridized carbons (Fsp3) is 0.385. The Balaban J connectivity index is 1.48. The first-order valence-corrected chi connectivity index (χ1v) is 11.5. The van der Waals surface area contributed by atoms with E-state index in [2.05, 4.69) is 47.1 Å². The van der Waals surface area contributed by atoms with E-state index in [4.69, 9.17) is 9.97 Å². The summed E-state index contributed by atoms with van der Waals surface area (Å²) in [5.74, 6) is 1.73. The molecule has 6 heteroatoms. The van der Waals surface area contributed by atoms with Gasteiger partial charge >= 0.3 is 0 Å². The van der Waals surface area contributed by atoms with Gasteiger partial charge in [-0.15, -0.1) is 0 Å². The topological polar surface area (TPSA) is 62.2 Å². The number of pyridine rings is 1. The SMILES string of the molecule is Cc1nc([C@H]2CCCCN2Cc2ccccc2)nc2c1CCC(=O)N2Cc1ccccn1. The van der Waals surface area contributed by atoms with Crippen LogP contribution in [0.1, 0.15) is 60.1 Å². The van der Waals surface area contributed by atoms with Crippen LogP contribution in [0, 0.1) is 6.92 Å². The van der Waals surface area contributed by atoms with Crippen LogP contribution < -0.4 is 4.90 Å². The Labute approximate surface area is 189 Å². The molecule has 4 heterocycles. The van der Waals surface area contributed by atoms with Gasteiger partial charge in [-0.05, 0) is 50.4 Å². The van der Waals surface area contributed by atoms with Crippen LogP contribution in [0.3, 0.4) is 0 Å². The Morgan fingerprint density at radius 2 is 1.81 bits per heavy atom. The fourth-order valence-electron chi connectivity index (χ4n) is 4.86. The highest BCUT2D eigenvalue weighted by Crippen LogP contribution is 2.35. The predicted molar refractivity (Wildman–Crippen MR) is 124 cm³/mol. The van der Waals surface area contributed by atoms with Crippen LogP contribution in [0.4, 0.5) is 5.82 Å². The summed E-state index contributed by atoms with van der Waals surface area (Å²) in [5, 5.41) is 0. The molecule has 1 fully saturated rings. The molecule has 0 N–H and O–H groups in total. The number of benzene rings is 1. The summed E-state index contributed by atoms with van der Waals surface area (Å²) in [7, 11) is 0. The molecule has 2 aliphatic rings. The van der Waals surface area contributed by atoms with Crippen LogP contribution >= 0.6 is 0 Å². The monoisotopic (exact) mass is 427 g/mol. The number of piperidine rings is 1. The van der Waals surface area contributed by atoms with Crippen LogP contribution in [0.25, 0.3) is 0 Å². The Bertz CT molecular complexity index is 1090. The summed E-state index contributed by atoms with van der Waals surface area (Å²) in [5.41, 5.74) is 4.26. The Morgan fingerprint density at radius 1 is 0.969 bits per heavy atom. The van der Waals surface area contributed by atoms with Crippen molar-refractivity contribution in [3.05, 3.63) is 83.1 Å². The van der Waals surface area contributed by atoms with Gasteiger partial charge in [0, 0.05) is 30.4 Å². The van der Waals surface area contributed by atoms with E-state index in [0.29, 0.717) is 19.4 Å². The molecule has 0 radical (unpaired) electrons. The van der Waals surface area contributed by atoms with Gasteiger partial charge in [-0.25, -0.2) is 9.97 Å². The molecule has 0 saturated carbocycles. The zero-order valence-electron chi connectivity index (χ0n) is 18.6. The second-order valence-electron chi connectivity index (χ2n) is 8.74. The van der Waals surface area contributed by atoms with Crippen molar-refractivity contribution >= 4 is 11.7 Å². The molecule has 5 rings (SSSR count). The molecule has 6 nitrogen and oxygen atoms in total. The number of carbonyl (C=O) groups is 1. The number of carbonyl (C=O) groups excluding carboxylic acids is 1. The fourth-order valence-corrected chi connectivity index (χ4v) is 4.86. The Kier molecular flexibility index (Phi) is 5.95. The Morgan fingerprint density at radius 3 is 2.62 bits per heavy atom. The lowest BCUT2D eigenvalue weighted by molar-refractivity contribution is -0.119. The zero-order chi connectivity index (χ0) is 21.9. The number of nitrogens with zero attached hydrogens (tertiary/aromatic N) is 5. The third-order valence-electron chi connectivity index (χ3n) is 6.54. The summed E-state index contributed by atoms with van der Waals surface area (Å²) in [6, 6.07) is 16.6. The second kappa shape index (κ2) is 9.17. The van der Waals surface area contributed by atoms with E-state index in [1.165, 1.54) is 18.4 Å². The number of amides is 1. The lowest BCUT2D eigenvalue weighted by atomic mass is 9.98. The Hall–Kier alpha value is -3.12. The maximum absolute atomic E-state index is 12.9. The van der Waals surface area contributed by atoms with Gasteiger partial charge in [-0.2, -0.15) is 0 Å². The van der Waals surface area contributed by atoms with Gasteiger partial charge in [-0.1, -0.05) is 42.8 Å². The first kappa shape index (κ1) is 20.8. The number of fused-ring (bicyclic) bond motifs is 1. The number of aromatic nitrogens is 3. The molecule has 1 saturated heterocycles. The van der Waals surface area contributed by atoms with Crippen LogP contribution in [0.2, 0.25) is 0 Å². The van der Waals surface area contributed by atoms with Gasteiger partial charge in [0.1, 0.15) is 11.6 Å². The van der Waals surface area contributed by atoms with Gasteiger partial charge in [0.05, 0.1) is 18.3 Å². The van der Waals surface area contributed by atoms with Gasteiger partial charge < -0.3 is 0 Å². The highest BCUT2D eigenvalue weighted by molar-refractivity contribution is 5.95. The van der Waals surface area contributed by atoms with Crippen LogP contribution in [-0.4, -0.2) is 32.3 Å². The van der Waals surface area contributed by atoms with Gasteiger partial charge in [0.15, 0.2) is 0 Å². The van der Waals surface area contributed by atoms with Crippen LogP contribution in [0.15, 0.2) is 54.7 Å². The van der Waals surface area contributed by atoms with Crippen LogP contribution in [-0.2, 0) is 24.3 Å². The maximum atomic E-state index is 12.9. The quantitative estimate of drug-likeness (QED) is 0.604. The highest BCUT2D eigenvalue weighted by Gasteiger charge is 2.32. The average molecular weight is 428 g/mol. The number of anilines is 1. The smallest absolute Gasteiger partial charge is 0.228 e. The molecular formula is C26H29N5O. The third kappa shape index (κ3) is 4.28. The van der Waals surface area contributed by atoms with Gasteiger partial charge in [0.25, 0.3) is 0 Å². The summed E-state index contributed by atoms with van der Waals surface area (Å²) < 4.78 is 0. The minimum atomic E-state index is 0.108. The van der Waals surface area contributed by atoms with Crippen molar-refractivity contribution in [2.45, 2.75) is 58.2 Å². The van der Waals surface area contributed by atoms with E-state index in [1.807, 2.05) is 23.1 Å². The predicted octanol–water partition coefficient (Wildman–Crippen LogP) is 4.39. The van der Waals surface area contributed by atoms with Crippen molar-refractivity contribution in [3.8, 4) is 0 Å². The number of hydrogen-bond acceptors (Lipinski definition) is 5. The van der Waals surface area contributed by atoms with Crippen molar-refractivity contribution < 1.29 is 4.79 Å². The van der Waals surface area contributed by atoms with E-state index < -0.39 is 0 Å². The van der Waals surface area contributed by atoms with Crippen LogP contribution in [0.5, 0.6) is 0 Å². The highest BCUT2D eigenvalue weighted by atomic mass is 16.2. The molecule has 1 amide bonds. The molecule has 2 aromatic heterocycles. The molecule has 1 aromatic carbocycles. The van der Waals surface area contributed by atoms with E-state index in [0.717, 1.165) is 48.1 Å². The molecule has 2 aliphatic heterocycles. The van der Waals surface area contributed by atoms with E-state index in [-0.39, 0.29) is 11.9 Å². The molecule has 3 aromatic rings. The minimum absolute atomic E-state index is 0.108. The lowest BCUT2D eigenvalue weighted by Crippen LogP contribution is -2.38. The maximum Gasteiger partial charge on any atom is 0.228 e. The molecule has 0 spiro atoms. The normalized spacial score (nSPS) is 19.1. The molecule has 164 valence electrons. The van der Waals surface area contributed by atoms with E-state index >= 15 is 0 Å². The third-order valence-corrected chi connectivity index (χ3v) is 6.54. The largest absolute Gasteiger partial charge is 0.290 e. The standard InChI is InChI=1S/C26H29N5O/c1-19-22-13-14-24(32)31(18-21-11-5-7-15-27-21)26(22)29-25(28-19)23-12-6-8-16-30(23)17-20-9-3-2-4-10-20/h2-5,7,9-11,15,23H,6,8,12-14,16-18H2,1H3/t23-/m1/s1. The summed E-state index contributed by atoms with van der Waals surface area (Å²) >= 11 is 0. The van der Waals surface area contributed by atoms with Crippen molar-refractivity contribution in [3.63, 3.8) is 0 Å². The first-order chi connectivity index (χ1) is 15.7. The van der Waals surface area contributed by atoms with Crippen molar-refractivity contribution in [2.24, 2.45) is 0 Å². The molecule has 0 bridgehead atoms. The van der Waals surface area contributed by atoms with Crippen molar-refractivity contribution in [2.75, 3.05) is 11.4 Å². The number of aryl methyl sites for hydroxylation is 1. The molecule has 0 aliphatic carbocycles. The average Bonchev–Trinajstić information content (AvgIpc) is 2.82. The number of hydrogen-bond donors (Lipinski definition) is 0. The number of rotatable bonds is 5. The molecule has 1 atom stereocenters. The minimum Gasteiger partial charge on any atom is -0.290 e. The van der Waals surface area contributed by atoms with E-state index in [9.17, 15) is 4.79 Å². The van der Waals surface area contributed by atoms with Crippen molar-refractivity contribution in [1.82, 2.24) is 19.9 Å². The summed E-state index contributed by atoms with van der Waals surface area (Å²) in [4.78, 5) is 31.6.